The Morgan fingerprint density at radius 3 is 2.57 bits per heavy atom. The third-order valence-corrected chi connectivity index (χ3v) is 3.94. The second-order valence-electron chi connectivity index (χ2n) is 5.54. The Kier molecular flexibility index (Phi) is 5.39. The minimum Gasteiger partial charge on any atom is -0.392 e. The summed E-state index contributed by atoms with van der Waals surface area (Å²) in [5.41, 5.74) is 2.81. The molecule has 0 bridgehead atoms. The summed E-state index contributed by atoms with van der Waals surface area (Å²) in [5.74, 6) is 0.237. The minimum atomic E-state index is -0.353. The third-order valence-electron chi connectivity index (χ3n) is 3.55. The molecular weight excluding hydrogens is 286 g/mol. The lowest BCUT2D eigenvalue weighted by atomic mass is 10.1. The molecule has 1 heterocycles. The van der Waals surface area contributed by atoms with Crippen LogP contribution in [0, 0.1) is 12.8 Å². The molecule has 0 aliphatic carbocycles. The van der Waals surface area contributed by atoms with Gasteiger partial charge in [-0.15, -0.1) is 0 Å². The standard InChI is InChI=1S/C16H22ClN3O/c1-11(2)15(21)10-18-9-14-12(3)19-20(16(14)17)13-7-5-4-6-8-13/h4-8,11,15,18,21H,9-10H2,1-3H3. The Hall–Kier alpha value is -1.36. The van der Waals surface area contributed by atoms with E-state index in [-0.39, 0.29) is 12.0 Å². The Bertz CT molecular complexity index is 581. The van der Waals surface area contributed by atoms with Crippen LogP contribution >= 0.6 is 11.6 Å². The van der Waals surface area contributed by atoms with Gasteiger partial charge in [-0.1, -0.05) is 43.6 Å². The highest BCUT2D eigenvalue weighted by molar-refractivity contribution is 6.30. The van der Waals surface area contributed by atoms with Crippen molar-refractivity contribution in [3.63, 3.8) is 0 Å². The highest BCUT2D eigenvalue weighted by Gasteiger charge is 2.15. The van der Waals surface area contributed by atoms with Crippen LogP contribution in [0.25, 0.3) is 5.69 Å². The van der Waals surface area contributed by atoms with Gasteiger partial charge in [0.05, 0.1) is 17.5 Å². The number of nitrogens with one attached hydrogen (secondary N) is 1. The second-order valence-corrected chi connectivity index (χ2v) is 5.90. The zero-order valence-electron chi connectivity index (χ0n) is 12.7. The van der Waals surface area contributed by atoms with Crippen LogP contribution in [-0.4, -0.2) is 27.5 Å². The van der Waals surface area contributed by atoms with E-state index in [4.69, 9.17) is 11.6 Å². The Balaban J connectivity index is 2.10. The van der Waals surface area contributed by atoms with Crippen LogP contribution in [-0.2, 0) is 6.54 Å². The van der Waals surface area contributed by atoms with Crippen LogP contribution in [0.15, 0.2) is 30.3 Å². The van der Waals surface area contributed by atoms with Crippen LogP contribution in [0.4, 0.5) is 0 Å². The first-order valence-electron chi connectivity index (χ1n) is 7.19. The van der Waals surface area contributed by atoms with E-state index in [2.05, 4.69) is 10.4 Å². The van der Waals surface area contributed by atoms with Crippen LogP contribution in [0.2, 0.25) is 5.15 Å². The number of aromatic nitrogens is 2. The van der Waals surface area contributed by atoms with Gasteiger partial charge in [0.25, 0.3) is 0 Å². The first-order chi connectivity index (χ1) is 10.0. The first-order valence-corrected chi connectivity index (χ1v) is 7.56. The number of aryl methyl sites for hydroxylation is 1. The summed E-state index contributed by atoms with van der Waals surface area (Å²) in [6.07, 6.45) is -0.353. The summed E-state index contributed by atoms with van der Waals surface area (Å²) < 4.78 is 1.74. The average Bonchev–Trinajstić information content (AvgIpc) is 2.75. The van der Waals surface area contributed by atoms with Crippen molar-refractivity contribution in [2.75, 3.05) is 6.54 Å². The van der Waals surface area contributed by atoms with Gasteiger partial charge >= 0.3 is 0 Å². The van der Waals surface area contributed by atoms with Crippen molar-refractivity contribution >= 4 is 11.6 Å². The lowest BCUT2D eigenvalue weighted by molar-refractivity contribution is 0.123. The van der Waals surface area contributed by atoms with E-state index >= 15 is 0 Å². The van der Waals surface area contributed by atoms with E-state index in [1.165, 1.54) is 0 Å². The van der Waals surface area contributed by atoms with E-state index < -0.39 is 0 Å². The molecule has 0 saturated carbocycles. The van der Waals surface area contributed by atoms with Gasteiger partial charge in [0.2, 0.25) is 0 Å². The van der Waals surface area contributed by atoms with Crippen molar-refractivity contribution in [3.8, 4) is 5.69 Å². The highest BCUT2D eigenvalue weighted by Crippen LogP contribution is 2.23. The lowest BCUT2D eigenvalue weighted by Gasteiger charge is -2.15. The van der Waals surface area contributed by atoms with Crippen molar-refractivity contribution < 1.29 is 5.11 Å². The van der Waals surface area contributed by atoms with Crippen molar-refractivity contribution in [2.24, 2.45) is 5.92 Å². The fourth-order valence-corrected chi connectivity index (χ4v) is 2.39. The fourth-order valence-electron chi connectivity index (χ4n) is 2.05. The summed E-state index contributed by atoms with van der Waals surface area (Å²) >= 11 is 6.44. The summed E-state index contributed by atoms with van der Waals surface area (Å²) in [4.78, 5) is 0. The number of rotatable bonds is 6. The molecule has 0 radical (unpaired) electrons. The quantitative estimate of drug-likeness (QED) is 0.862. The Morgan fingerprint density at radius 1 is 1.29 bits per heavy atom. The van der Waals surface area contributed by atoms with Crippen LogP contribution < -0.4 is 5.32 Å². The number of halogens is 1. The predicted molar refractivity (Wildman–Crippen MR) is 85.9 cm³/mol. The van der Waals surface area contributed by atoms with Gasteiger partial charge in [-0.25, -0.2) is 4.68 Å². The maximum absolute atomic E-state index is 9.81. The Morgan fingerprint density at radius 2 is 1.95 bits per heavy atom. The van der Waals surface area contributed by atoms with Crippen molar-refractivity contribution in [2.45, 2.75) is 33.4 Å². The summed E-state index contributed by atoms with van der Waals surface area (Å²) in [6, 6.07) is 9.82. The van der Waals surface area contributed by atoms with Crippen LogP contribution in [0.5, 0.6) is 0 Å². The summed E-state index contributed by atoms with van der Waals surface area (Å²) in [5, 5.41) is 18.2. The summed E-state index contributed by atoms with van der Waals surface area (Å²) in [6.45, 7) is 7.09. The molecule has 1 unspecified atom stereocenters. The predicted octanol–water partition coefficient (Wildman–Crippen LogP) is 2.94. The molecule has 2 aromatic rings. The number of benzene rings is 1. The van der Waals surface area contributed by atoms with Gasteiger partial charge in [0, 0.05) is 18.7 Å². The molecular formula is C16H22ClN3O. The summed E-state index contributed by atoms with van der Waals surface area (Å²) in [7, 11) is 0. The molecule has 0 fully saturated rings. The molecule has 0 aliphatic heterocycles. The number of aliphatic hydroxyl groups excluding tert-OH is 1. The van der Waals surface area contributed by atoms with Gasteiger partial charge < -0.3 is 10.4 Å². The largest absolute Gasteiger partial charge is 0.392 e. The number of aliphatic hydroxyl groups is 1. The van der Waals surface area contributed by atoms with Gasteiger partial charge in [-0.05, 0) is 25.0 Å². The molecule has 0 spiro atoms. The highest BCUT2D eigenvalue weighted by atomic mass is 35.5. The molecule has 5 heteroatoms. The first kappa shape index (κ1) is 16.0. The van der Waals surface area contributed by atoms with Crippen molar-refractivity contribution in [1.82, 2.24) is 15.1 Å². The maximum Gasteiger partial charge on any atom is 0.137 e. The second kappa shape index (κ2) is 7.07. The molecule has 2 N–H and O–H groups in total. The topological polar surface area (TPSA) is 50.1 Å². The van der Waals surface area contributed by atoms with Gasteiger partial charge in [-0.3, -0.25) is 0 Å². The molecule has 4 nitrogen and oxygen atoms in total. The molecule has 21 heavy (non-hydrogen) atoms. The van der Waals surface area contributed by atoms with Crippen LogP contribution in [0.1, 0.15) is 25.1 Å². The number of nitrogens with zero attached hydrogens (tertiary/aromatic N) is 2. The lowest BCUT2D eigenvalue weighted by Crippen LogP contribution is -2.30. The van der Waals surface area contributed by atoms with E-state index in [1.807, 2.05) is 51.1 Å². The van der Waals surface area contributed by atoms with E-state index in [1.54, 1.807) is 4.68 Å². The minimum absolute atomic E-state index is 0.237. The molecule has 2 rings (SSSR count). The number of hydrogen-bond donors (Lipinski definition) is 2. The number of para-hydroxylation sites is 1. The maximum atomic E-state index is 9.81. The van der Waals surface area contributed by atoms with Gasteiger partial charge in [-0.2, -0.15) is 5.10 Å². The molecule has 1 aromatic carbocycles. The van der Waals surface area contributed by atoms with Crippen molar-refractivity contribution in [1.29, 1.82) is 0 Å². The molecule has 1 aromatic heterocycles. The Labute approximate surface area is 130 Å². The fraction of sp³-hybridized carbons (Fsp3) is 0.438. The number of hydrogen-bond acceptors (Lipinski definition) is 3. The smallest absolute Gasteiger partial charge is 0.137 e. The van der Waals surface area contributed by atoms with E-state index in [0.29, 0.717) is 18.2 Å². The molecule has 1 atom stereocenters. The van der Waals surface area contributed by atoms with E-state index in [9.17, 15) is 5.11 Å². The third kappa shape index (κ3) is 3.84. The molecule has 0 aliphatic rings. The van der Waals surface area contributed by atoms with Gasteiger partial charge in [0.15, 0.2) is 0 Å². The van der Waals surface area contributed by atoms with Gasteiger partial charge in [0.1, 0.15) is 5.15 Å². The SMILES string of the molecule is Cc1nn(-c2ccccc2)c(Cl)c1CNCC(O)C(C)C. The zero-order chi connectivity index (χ0) is 15.4. The monoisotopic (exact) mass is 307 g/mol. The average molecular weight is 308 g/mol. The van der Waals surface area contributed by atoms with Crippen LogP contribution in [0.3, 0.4) is 0 Å². The normalized spacial score (nSPS) is 12.9. The van der Waals surface area contributed by atoms with E-state index in [0.717, 1.165) is 16.9 Å². The molecule has 114 valence electrons. The van der Waals surface area contributed by atoms with Crippen molar-refractivity contribution in [3.05, 3.63) is 46.7 Å². The molecule has 0 saturated heterocycles. The molecule has 0 amide bonds. The zero-order valence-corrected chi connectivity index (χ0v) is 13.4.